The number of benzene rings is 2. The van der Waals surface area contributed by atoms with Gasteiger partial charge in [0.05, 0.1) is 17.1 Å². The number of amides is 1. The van der Waals surface area contributed by atoms with Gasteiger partial charge in [0, 0.05) is 17.2 Å². The van der Waals surface area contributed by atoms with Crippen LogP contribution in [0.1, 0.15) is 0 Å². The van der Waals surface area contributed by atoms with Crippen molar-refractivity contribution in [3.05, 3.63) is 54.3 Å². The Bertz CT molecular complexity index is 965. The summed E-state index contributed by atoms with van der Waals surface area (Å²) >= 11 is 4.41. The van der Waals surface area contributed by atoms with E-state index >= 15 is 0 Å². The molecule has 1 amide bonds. The van der Waals surface area contributed by atoms with Crippen molar-refractivity contribution < 1.29 is 9.18 Å². The van der Waals surface area contributed by atoms with E-state index < -0.39 is 0 Å². The van der Waals surface area contributed by atoms with Crippen LogP contribution in [0.3, 0.4) is 0 Å². The molecule has 1 N–H and O–H groups in total. The first-order valence-corrected chi connectivity index (χ1v) is 11.0. The fourth-order valence-electron chi connectivity index (χ4n) is 2.63. The number of rotatable bonds is 5. The van der Waals surface area contributed by atoms with E-state index in [4.69, 9.17) is 0 Å². The van der Waals surface area contributed by atoms with Gasteiger partial charge in [-0.2, -0.15) is 0 Å². The predicted octanol–water partition coefficient (Wildman–Crippen LogP) is 4.65. The monoisotopic (exact) mass is 418 g/mol. The second kappa shape index (κ2) is 8.28. The average molecular weight is 419 g/mol. The van der Waals surface area contributed by atoms with Crippen LogP contribution < -0.4 is 10.2 Å². The Morgan fingerprint density at radius 3 is 2.89 bits per heavy atom. The first kappa shape index (κ1) is 18.3. The molecule has 0 saturated heterocycles. The second-order valence-electron chi connectivity index (χ2n) is 5.63. The van der Waals surface area contributed by atoms with Crippen LogP contribution in [-0.2, 0) is 4.79 Å². The summed E-state index contributed by atoms with van der Waals surface area (Å²) in [6, 6.07) is 14.3. The SMILES string of the molecule is O=C(CSc1nnc(Nc2ccccc2F)s1)N1CCSc2ccccc21. The van der Waals surface area contributed by atoms with Crippen molar-refractivity contribution in [1.82, 2.24) is 10.2 Å². The Morgan fingerprint density at radius 2 is 2.00 bits per heavy atom. The standard InChI is InChI=1S/C18H15FN4OS3/c19-12-5-1-2-6-13(12)20-17-21-22-18(27-17)26-11-16(24)23-9-10-25-15-8-4-3-7-14(15)23/h1-8H,9-11H2,(H,20,21). The van der Waals surface area contributed by atoms with Crippen LogP contribution in [0, 0.1) is 5.82 Å². The molecule has 1 aliphatic heterocycles. The van der Waals surface area contributed by atoms with E-state index in [0.717, 1.165) is 16.3 Å². The van der Waals surface area contributed by atoms with Gasteiger partial charge in [0.15, 0.2) is 4.34 Å². The van der Waals surface area contributed by atoms with E-state index in [1.165, 1.54) is 29.2 Å². The first-order valence-electron chi connectivity index (χ1n) is 8.21. The van der Waals surface area contributed by atoms with Crippen LogP contribution in [0.2, 0.25) is 0 Å². The molecule has 0 aliphatic carbocycles. The lowest BCUT2D eigenvalue weighted by atomic mass is 10.3. The number of hydrogen-bond acceptors (Lipinski definition) is 7. The molecular weight excluding hydrogens is 403 g/mol. The molecular formula is C18H15FN4OS3. The van der Waals surface area contributed by atoms with Crippen molar-refractivity contribution in [2.24, 2.45) is 0 Å². The van der Waals surface area contributed by atoms with Crippen LogP contribution in [0.25, 0.3) is 0 Å². The minimum Gasteiger partial charge on any atom is -0.328 e. The lowest BCUT2D eigenvalue weighted by molar-refractivity contribution is -0.116. The van der Waals surface area contributed by atoms with Crippen molar-refractivity contribution in [2.45, 2.75) is 9.24 Å². The molecule has 2 aromatic carbocycles. The number of carbonyl (C=O) groups is 1. The number of nitrogens with zero attached hydrogens (tertiary/aromatic N) is 3. The van der Waals surface area contributed by atoms with Crippen LogP contribution in [0.5, 0.6) is 0 Å². The van der Waals surface area contributed by atoms with Gasteiger partial charge in [-0.1, -0.05) is 47.4 Å². The molecule has 2 heterocycles. The van der Waals surface area contributed by atoms with Crippen molar-refractivity contribution in [3.63, 3.8) is 0 Å². The summed E-state index contributed by atoms with van der Waals surface area (Å²) in [5, 5.41) is 11.5. The molecule has 0 radical (unpaired) electrons. The molecule has 4 rings (SSSR count). The maximum atomic E-state index is 13.7. The number of thioether (sulfide) groups is 2. The van der Waals surface area contributed by atoms with Gasteiger partial charge < -0.3 is 10.2 Å². The van der Waals surface area contributed by atoms with E-state index in [9.17, 15) is 9.18 Å². The third-order valence-electron chi connectivity index (χ3n) is 3.87. The summed E-state index contributed by atoms with van der Waals surface area (Å²) in [5.41, 5.74) is 1.32. The minimum absolute atomic E-state index is 0.0477. The minimum atomic E-state index is -0.348. The quantitative estimate of drug-likeness (QED) is 0.609. The zero-order chi connectivity index (χ0) is 18.6. The van der Waals surface area contributed by atoms with Gasteiger partial charge in [0.1, 0.15) is 5.82 Å². The smallest absolute Gasteiger partial charge is 0.237 e. The molecule has 0 bridgehead atoms. The molecule has 0 unspecified atom stereocenters. The van der Waals surface area contributed by atoms with E-state index in [1.54, 1.807) is 30.0 Å². The van der Waals surface area contributed by atoms with Crippen LogP contribution in [-0.4, -0.2) is 34.2 Å². The van der Waals surface area contributed by atoms with Crippen LogP contribution >= 0.6 is 34.9 Å². The number of carbonyl (C=O) groups excluding carboxylic acids is 1. The van der Waals surface area contributed by atoms with Crippen molar-refractivity contribution in [1.29, 1.82) is 0 Å². The van der Waals surface area contributed by atoms with E-state index in [2.05, 4.69) is 15.5 Å². The molecule has 1 aliphatic rings. The lowest BCUT2D eigenvalue weighted by Gasteiger charge is -2.28. The molecule has 0 saturated carbocycles. The Hall–Kier alpha value is -2.10. The summed E-state index contributed by atoms with van der Waals surface area (Å²) in [6.07, 6.45) is 0. The van der Waals surface area contributed by atoms with Gasteiger partial charge in [0.2, 0.25) is 11.0 Å². The number of halogens is 1. The highest BCUT2D eigenvalue weighted by Gasteiger charge is 2.23. The van der Waals surface area contributed by atoms with Gasteiger partial charge >= 0.3 is 0 Å². The van der Waals surface area contributed by atoms with Crippen molar-refractivity contribution in [2.75, 3.05) is 28.3 Å². The average Bonchev–Trinajstić information content (AvgIpc) is 3.15. The Kier molecular flexibility index (Phi) is 5.61. The highest BCUT2D eigenvalue weighted by Crippen LogP contribution is 2.35. The van der Waals surface area contributed by atoms with Gasteiger partial charge in [0.25, 0.3) is 0 Å². The van der Waals surface area contributed by atoms with E-state index in [0.29, 0.717) is 21.7 Å². The molecule has 138 valence electrons. The number of para-hydroxylation sites is 2. The van der Waals surface area contributed by atoms with E-state index in [-0.39, 0.29) is 17.5 Å². The number of anilines is 3. The number of fused-ring (bicyclic) bond motifs is 1. The third-order valence-corrected chi connectivity index (χ3v) is 6.87. The third kappa shape index (κ3) is 4.26. The number of aromatic nitrogens is 2. The number of hydrogen-bond donors (Lipinski definition) is 1. The summed E-state index contributed by atoms with van der Waals surface area (Å²) < 4.78 is 14.4. The highest BCUT2D eigenvalue weighted by atomic mass is 32.2. The maximum absolute atomic E-state index is 13.7. The molecule has 0 spiro atoms. The van der Waals surface area contributed by atoms with Crippen molar-refractivity contribution in [3.8, 4) is 0 Å². The zero-order valence-electron chi connectivity index (χ0n) is 14.1. The summed E-state index contributed by atoms with van der Waals surface area (Å²) in [7, 11) is 0. The topological polar surface area (TPSA) is 58.1 Å². The van der Waals surface area contributed by atoms with Crippen LogP contribution in [0.15, 0.2) is 57.8 Å². The molecule has 0 atom stereocenters. The Morgan fingerprint density at radius 1 is 1.19 bits per heavy atom. The normalized spacial score (nSPS) is 13.3. The maximum Gasteiger partial charge on any atom is 0.237 e. The molecule has 9 heteroatoms. The van der Waals surface area contributed by atoms with E-state index in [1.807, 2.05) is 29.2 Å². The molecule has 0 fully saturated rings. The highest BCUT2D eigenvalue weighted by molar-refractivity contribution is 8.01. The lowest BCUT2D eigenvalue weighted by Crippen LogP contribution is -2.36. The Labute approximate surface area is 168 Å². The van der Waals surface area contributed by atoms with Gasteiger partial charge in [-0.05, 0) is 24.3 Å². The van der Waals surface area contributed by atoms with Gasteiger partial charge in [-0.15, -0.1) is 22.0 Å². The fraction of sp³-hybridized carbons (Fsp3) is 0.167. The largest absolute Gasteiger partial charge is 0.328 e. The molecule has 1 aromatic heterocycles. The summed E-state index contributed by atoms with van der Waals surface area (Å²) in [5.74, 6) is 0.876. The second-order valence-corrected chi connectivity index (χ2v) is 8.96. The zero-order valence-corrected chi connectivity index (χ0v) is 16.5. The fourth-order valence-corrected chi connectivity index (χ4v) is 5.26. The summed E-state index contributed by atoms with van der Waals surface area (Å²) in [6.45, 7) is 0.706. The van der Waals surface area contributed by atoms with Crippen molar-refractivity contribution >= 4 is 57.3 Å². The molecule has 27 heavy (non-hydrogen) atoms. The van der Waals surface area contributed by atoms with Gasteiger partial charge in [-0.25, -0.2) is 4.39 Å². The predicted molar refractivity (Wildman–Crippen MR) is 110 cm³/mol. The summed E-state index contributed by atoms with van der Waals surface area (Å²) in [4.78, 5) is 15.6. The first-order chi connectivity index (χ1) is 13.2. The molecule has 5 nitrogen and oxygen atoms in total. The Balaban J connectivity index is 1.38. The van der Waals surface area contributed by atoms with Crippen LogP contribution in [0.4, 0.5) is 20.9 Å². The molecule has 3 aromatic rings. The van der Waals surface area contributed by atoms with Gasteiger partial charge in [-0.3, -0.25) is 4.79 Å². The number of nitrogens with one attached hydrogen (secondary N) is 1.